The summed E-state index contributed by atoms with van der Waals surface area (Å²) in [6, 6.07) is 6.17. The molecule has 4 rings (SSSR count). The maximum Gasteiger partial charge on any atom is 0.356 e. The van der Waals surface area contributed by atoms with Gasteiger partial charge >= 0.3 is 12.0 Å². The van der Waals surface area contributed by atoms with Crippen molar-refractivity contribution in [3.8, 4) is 5.75 Å². The lowest BCUT2D eigenvalue weighted by Crippen LogP contribution is -2.34. The summed E-state index contributed by atoms with van der Waals surface area (Å²) in [6.45, 7) is 1.23. The first-order chi connectivity index (χ1) is 12.9. The van der Waals surface area contributed by atoms with E-state index < -0.39 is 5.97 Å². The zero-order valence-electron chi connectivity index (χ0n) is 14.2. The highest BCUT2D eigenvalue weighted by atomic mass is 35.5. The number of aromatic nitrogens is 2. The number of amides is 1. The minimum atomic E-state index is -1.15. The van der Waals surface area contributed by atoms with Gasteiger partial charge in [0, 0.05) is 29.3 Å². The van der Waals surface area contributed by atoms with Gasteiger partial charge in [0.1, 0.15) is 5.75 Å². The fourth-order valence-corrected chi connectivity index (χ4v) is 4.48. The Hall–Kier alpha value is -2.25. The fraction of sp³-hybridized carbons (Fsp3) is 0.389. The molecule has 1 aromatic heterocycles. The van der Waals surface area contributed by atoms with Crippen molar-refractivity contribution in [2.75, 3.05) is 13.1 Å². The second kappa shape index (κ2) is 7.05. The number of aromatic carboxylic acids is 1. The van der Waals surface area contributed by atoms with Crippen LogP contribution in [0.5, 0.6) is 5.75 Å². The molecule has 1 N–H and O–H groups in total. The Morgan fingerprint density at radius 1 is 1.11 bits per heavy atom. The summed E-state index contributed by atoms with van der Waals surface area (Å²) in [6.07, 6.45) is 3.14. The number of carbonyl (C=O) groups is 2. The second-order valence-corrected chi connectivity index (χ2v) is 7.85. The first-order valence-electron chi connectivity index (χ1n) is 8.60. The average molecular weight is 410 g/mol. The van der Waals surface area contributed by atoms with Crippen LogP contribution in [0, 0.1) is 11.8 Å². The molecule has 27 heavy (non-hydrogen) atoms. The predicted molar refractivity (Wildman–Crippen MR) is 98.6 cm³/mol. The zero-order chi connectivity index (χ0) is 19.1. The van der Waals surface area contributed by atoms with Gasteiger partial charge in [-0.2, -0.15) is 9.78 Å². The molecule has 142 valence electrons. The Bertz CT molecular complexity index is 866. The van der Waals surface area contributed by atoms with Crippen LogP contribution in [-0.2, 0) is 0 Å². The van der Waals surface area contributed by atoms with Crippen LogP contribution in [0.4, 0.5) is 4.79 Å². The summed E-state index contributed by atoms with van der Waals surface area (Å²) >= 11 is 12.0. The van der Waals surface area contributed by atoms with E-state index in [1.807, 2.05) is 0 Å². The molecular formula is C18H17Cl2N3O4. The van der Waals surface area contributed by atoms with Crippen LogP contribution in [0.1, 0.15) is 23.3 Å². The summed E-state index contributed by atoms with van der Waals surface area (Å²) in [4.78, 5) is 25.2. The van der Waals surface area contributed by atoms with Gasteiger partial charge in [0.25, 0.3) is 0 Å². The highest BCUT2D eigenvalue weighted by molar-refractivity contribution is 6.34. The van der Waals surface area contributed by atoms with E-state index in [0.717, 1.165) is 17.5 Å². The van der Waals surface area contributed by atoms with Gasteiger partial charge in [-0.25, -0.2) is 9.59 Å². The number of halogens is 2. The van der Waals surface area contributed by atoms with Crippen molar-refractivity contribution in [2.24, 2.45) is 11.8 Å². The molecule has 0 bridgehead atoms. The van der Waals surface area contributed by atoms with Crippen molar-refractivity contribution in [3.05, 3.63) is 46.2 Å². The fourth-order valence-electron chi connectivity index (χ4n) is 3.98. The molecule has 3 atom stereocenters. The molecule has 1 saturated carbocycles. The molecule has 2 aliphatic rings. The predicted octanol–water partition coefficient (Wildman–Crippen LogP) is 3.65. The Labute approximate surface area is 165 Å². The Morgan fingerprint density at radius 3 is 2.30 bits per heavy atom. The molecule has 0 radical (unpaired) electrons. The molecule has 2 fully saturated rings. The molecule has 0 unspecified atom stereocenters. The summed E-state index contributed by atoms with van der Waals surface area (Å²) < 4.78 is 7.12. The smallest absolute Gasteiger partial charge is 0.356 e. The third-order valence-corrected chi connectivity index (χ3v) is 5.56. The number of ether oxygens (including phenoxy) is 1. The number of hydrogen-bond acceptors (Lipinski definition) is 4. The van der Waals surface area contributed by atoms with Gasteiger partial charge in [-0.3, -0.25) is 0 Å². The largest absolute Gasteiger partial charge is 0.490 e. The molecule has 1 aromatic carbocycles. The number of rotatable bonds is 3. The third kappa shape index (κ3) is 3.75. The molecule has 7 nitrogen and oxygen atoms in total. The highest BCUT2D eigenvalue weighted by Gasteiger charge is 2.43. The summed E-state index contributed by atoms with van der Waals surface area (Å²) in [5.41, 5.74) is -0.142. The maximum absolute atomic E-state index is 12.5. The molecule has 1 aliphatic carbocycles. The number of fused-ring (bicyclic) bond motifs is 1. The van der Waals surface area contributed by atoms with Crippen LogP contribution in [-0.4, -0.2) is 51.0 Å². The Balaban J connectivity index is 1.36. The summed E-state index contributed by atoms with van der Waals surface area (Å²) in [5.74, 6) is 0.204. The first kappa shape index (κ1) is 18.1. The zero-order valence-corrected chi connectivity index (χ0v) is 15.7. The van der Waals surface area contributed by atoms with E-state index in [-0.39, 0.29) is 17.8 Å². The molecule has 9 heteroatoms. The van der Waals surface area contributed by atoms with Crippen LogP contribution in [0.15, 0.2) is 30.5 Å². The SMILES string of the molecule is O=C(O)c1ccn(C(=O)N2C[C@H]3C[C@H](Oc4cc(Cl)cc(Cl)c4)C[C@H]3C2)n1. The van der Waals surface area contributed by atoms with Crippen LogP contribution in [0.25, 0.3) is 0 Å². The monoisotopic (exact) mass is 409 g/mol. The standard InChI is InChI=1S/C18H17Cl2N3O4/c19-12-5-13(20)7-15(6-12)27-14-3-10-8-22(9-11(10)4-14)18(26)23-2-1-16(21-23)17(24)25/h1-2,5-7,10-11,14H,3-4,8-9H2,(H,24,25)/t10-,11+,14+. The number of likely N-dealkylation sites (tertiary alicyclic amines) is 1. The lowest BCUT2D eigenvalue weighted by atomic mass is 10.0. The van der Waals surface area contributed by atoms with E-state index in [9.17, 15) is 9.59 Å². The van der Waals surface area contributed by atoms with Crippen molar-refractivity contribution in [3.63, 3.8) is 0 Å². The van der Waals surface area contributed by atoms with E-state index in [4.69, 9.17) is 33.0 Å². The van der Waals surface area contributed by atoms with E-state index in [2.05, 4.69) is 5.10 Å². The van der Waals surface area contributed by atoms with E-state index in [1.54, 1.807) is 23.1 Å². The summed E-state index contributed by atoms with van der Waals surface area (Å²) in [5, 5.41) is 13.8. The highest BCUT2D eigenvalue weighted by Crippen LogP contribution is 2.40. The van der Waals surface area contributed by atoms with Gasteiger partial charge in [0.05, 0.1) is 6.10 Å². The van der Waals surface area contributed by atoms with E-state index in [1.165, 1.54) is 12.3 Å². The number of carboxylic acid groups (broad SMARTS) is 1. The van der Waals surface area contributed by atoms with Gasteiger partial charge in [0.2, 0.25) is 0 Å². The first-order valence-corrected chi connectivity index (χ1v) is 9.35. The molecule has 1 aliphatic heterocycles. The maximum atomic E-state index is 12.5. The topological polar surface area (TPSA) is 84.7 Å². The molecule has 1 saturated heterocycles. The lowest BCUT2D eigenvalue weighted by molar-refractivity contribution is 0.0690. The molecule has 0 spiro atoms. The summed E-state index contributed by atoms with van der Waals surface area (Å²) in [7, 11) is 0. The quantitative estimate of drug-likeness (QED) is 0.835. The average Bonchev–Trinajstić information content (AvgIpc) is 3.27. The minimum absolute atomic E-state index is 0.0649. The number of carbonyl (C=O) groups excluding carboxylic acids is 1. The van der Waals surface area contributed by atoms with E-state index in [0.29, 0.717) is 40.7 Å². The number of benzene rings is 1. The van der Waals surface area contributed by atoms with Gasteiger partial charge in [-0.15, -0.1) is 0 Å². The molecule has 2 aromatic rings. The normalized spacial score (nSPS) is 24.1. The molecular weight excluding hydrogens is 393 g/mol. The third-order valence-electron chi connectivity index (χ3n) is 5.12. The van der Waals surface area contributed by atoms with Crippen LogP contribution in [0.3, 0.4) is 0 Å². The second-order valence-electron chi connectivity index (χ2n) is 6.97. The number of nitrogens with zero attached hydrogens (tertiary/aromatic N) is 3. The molecule has 1 amide bonds. The minimum Gasteiger partial charge on any atom is -0.490 e. The van der Waals surface area contributed by atoms with Crippen LogP contribution >= 0.6 is 23.2 Å². The van der Waals surface area contributed by atoms with Crippen molar-refractivity contribution in [1.82, 2.24) is 14.7 Å². The van der Waals surface area contributed by atoms with Gasteiger partial charge in [-0.05, 0) is 48.9 Å². The van der Waals surface area contributed by atoms with Crippen molar-refractivity contribution < 1.29 is 19.4 Å². The number of hydrogen-bond donors (Lipinski definition) is 1. The Kier molecular flexibility index (Phi) is 4.74. The van der Waals surface area contributed by atoms with Crippen LogP contribution < -0.4 is 4.74 Å². The van der Waals surface area contributed by atoms with Crippen molar-refractivity contribution >= 4 is 35.2 Å². The lowest BCUT2D eigenvalue weighted by Gasteiger charge is -2.20. The van der Waals surface area contributed by atoms with Gasteiger partial charge in [-0.1, -0.05) is 23.2 Å². The Morgan fingerprint density at radius 2 is 1.74 bits per heavy atom. The van der Waals surface area contributed by atoms with Crippen LogP contribution in [0.2, 0.25) is 10.0 Å². The van der Waals surface area contributed by atoms with Crippen molar-refractivity contribution in [1.29, 1.82) is 0 Å². The number of carboxylic acids is 1. The van der Waals surface area contributed by atoms with Crippen molar-refractivity contribution in [2.45, 2.75) is 18.9 Å². The van der Waals surface area contributed by atoms with Gasteiger partial charge < -0.3 is 14.7 Å². The van der Waals surface area contributed by atoms with E-state index >= 15 is 0 Å². The van der Waals surface area contributed by atoms with Gasteiger partial charge in [0.15, 0.2) is 5.69 Å². The molecule has 2 heterocycles.